The number of benzene rings is 1. The minimum atomic E-state index is -0.648. The number of rotatable bonds is 8. The maximum absolute atomic E-state index is 12.0. The third-order valence-corrected chi connectivity index (χ3v) is 6.12. The van der Waals surface area contributed by atoms with Crippen molar-refractivity contribution in [3.63, 3.8) is 0 Å². The number of carbonyl (C=O) groups excluding carboxylic acids is 1. The van der Waals surface area contributed by atoms with E-state index in [9.17, 15) is 9.90 Å². The van der Waals surface area contributed by atoms with Crippen molar-refractivity contribution < 1.29 is 9.90 Å². The number of nitrogens with one attached hydrogen (secondary N) is 2. The van der Waals surface area contributed by atoms with E-state index in [-0.39, 0.29) is 29.9 Å². The molecule has 0 spiro atoms. The van der Waals surface area contributed by atoms with E-state index in [2.05, 4.69) is 21.7 Å². The molecule has 0 bridgehead atoms. The minimum absolute atomic E-state index is 0. The van der Waals surface area contributed by atoms with Gasteiger partial charge in [0.15, 0.2) is 5.96 Å². The Balaban J connectivity index is 0.00000320. The van der Waals surface area contributed by atoms with Crippen LogP contribution in [-0.2, 0) is 17.9 Å². The van der Waals surface area contributed by atoms with Crippen LogP contribution < -0.4 is 10.6 Å². The normalized spacial score (nSPS) is 15.1. The van der Waals surface area contributed by atoms with Gasteiger partial charge in [-0.3, -0.25) is 4.79 Å². The zero-order valence-corrected chi connectivity index (χ0v) is 20.8. The van der Waals surface area contributed by atoms with Crippen molar-refractivity contribution >= 4 is 58.8 Å². The first-order valence-electron chi connectivity index (χ1n) is 9.87. The number of nitrogens with zero attached hydrogens (tertiary/aromatic N) is 2. The molecule has 1 aromatic carbocycles. The highest BCUT2D eigenvalue weighted by atomic mass is 127. The molecule has 0 radical (unpaired) electrons. The lowest BCUT2D eigenvalue weighted by molar-refractivity contribution is -0.128. The molecule has 2 heterocycles. The Kier molecular flexibility index (Phi) is 10.4. The zero-order chi connectivity index (χ0) is 20.6. The first kappa shape index (κ1) is 24.9. The highest BCUT2D eigenvalue weighted by molar-refractivity contribution is 14.0. The van der Waals surface area contributed by atoms with Gasteiger partial charge in [0, 0.05) is 37.5 Å². The van der Waals surface area contributed by atoms with E-state index in [0.29, 0.717) is 36.4 Å². The van der Waals surface area contributed by atoms with Gasteiger partial charge in [-0.1, -0.05) is 35.9 Å². The molecule has 1 aliphatic rings. The summed E-state index contributed by atoms with van der Waals surface area (Å²) < 4.78 is 0.660. The van der Waals surface area contributed by atoms with E-state index in [1.165, 1.54) is 11.3 Å². The Bertz CT molecular complexity index is 861. The summed E-state index contributed by atoms with van der Waals surface area (Å²) >= 11 is 7.32. The molecular weight excluding hydrogens is 535 g/mol. The van der Waals surface area contributed by atoms with Crippen molar-refractivity contribution in [3.8, 4) is 0 Å². The van der Waals surface area contributed by atoms with Crippen LogP contribution in [0.4, 0.5) is 0 Å². The average Bonchev–Trinajstić information content (AvgIpc) is 3.33. The van der Waals surface area contributed by atoms with E-state index < -0.39 is 6.10 Å². The summed E-state index contributed by atoms with van der Waals surface area (Å²) in [6, 6.07) is 11.7. The molecule has 1 unspecified atom stereocenters. The molecule has 1 atom stereocenters. The number of carbonyl (C=O) groups is 1. The number of thiophene rings is 1. The van der Waals surface area contributed by atoms with Crippen molar-refractivity contribution in [2.75, 3.05) is 19.6 Å². The maximum atomic E-state index is 12.0. The number of aliphatic hydroxyl groups excluding tert-OH is 1. The van der Waals surface area contributed by atoms with Crippen LogP contribution in [0.3, 0.4) is 0 Å². The fourth-order valence-corrected chi connectivity index (χ4v) is 4.30. The average molecular weight is 563 g/mol. The second-order valence-corrected chi connectivity index (χ2v) is 8.67. The Morgan fingerprint density at radius 1 is 1.27 bits per heavy atom. The first-order valence-corrected chi connectivity index (χ1v) is 11.1. The second-order valence-electron chi connectivity index (χ2n) is 6.92. The van der Waals surface area contributed by atoms with Crippen molar-refractivity contribution in [3.05, 3.63) is 56.7 Å². The van der Waals surface area contributed by atoms with Crippen LogP contribution in [0.2, 0.25) is 4.34 Å². The van der Waals surface area contributed by atoms with Gasteiger partial charge in [-0.2, -0.15) is 0 Å². The lowest BCUT2D eigenvalue weighted by Gasteiger charge is -2.18. The van der Waals surface area contributed by atoms with Crippen LogP contribution in [0.1, 0.15) is 41.9 Å². The number of halogens is 2. The summed E-state index contributed by atoms with van der Waals surface area (Å²) in [7, 11) is 0. The number of hydrogen-bond donors (Lipinski definition) is 3. The molecular formula is C21H28ClIN4O2S. The number of aliphatic hydroxyl groups is 1. The van der Waals surface area contributed by atoms with Crippen molar-refractivity contribution in [2.24, 2.45) is 4.99 Å². The fourth-order valence-electron chi connectivity index (χ4n) is 3.25. The molecule has 1 aliphatic heterocycles. The molecule has 1 aromatic heterocycles. The molecule has 3 N–H and O–H groups in total. The summed E-state index contributed by atoms with van der Waals surface area (Å²) in [5.74, 6) is 0.863. The Morgan fingerprint density at radius 2 is 2.03 bits per heavy atom. The highest BCUT2D eigenvalue weighted by Crippen LogP contribution is 2.26. The van der Waals surface area contributed by atoms with Gasteiger partial charge in [0.2, 0.25) is 5.91 Å². The number of amides is 1. The summed E-state index contributed by atoms with van der Waals surface area (Å²) in [6.45, 7) is 5.01. The van der Waals surface area contributed by atoms with Crippen molar-refractivity contribution in [1.29, 1.82) is 0 Å². The molecule has 1 amide bonds. The van der Waals surface area contributed by atoms with Crippen molar-refractivity contribution in [1.82, 2.24) is 15.5 Å². The summed E-state index contributed by atoms with van der Waals surface area (Å²) in [6.07, 6.45) is 0.933. The van der Waals surface area contributed by atoms with Gasteiger partial charge in [0.1, 0.15) is 6.10 Å². The molecule has 9 heteroatoms. The van der Waals surface area contributed by atoms with E-state index in [1.54, 1.807) is 6.07 Å². The van der Waals surface area contributed by atoms with Gasteiger partial charge in [-0.15, -0.1) is 35.3 Å². The molecule has 30 heavy (non-hydrogen) atoms. The van der Waals surface area contributed by atoms with E-state index in [4.69, 9.17) is 11.6 Å². The lowest BCUT2D eigenvalue weighted by Crippen LogP contribution is -2.39. The quantitative estimate of drug-likeness (QED) is 0.259. The molecule has 0 aliphatic carbocycles. The molecule has 6 nitrogen and oxygen atoms in total. The van der Waals surface area contributed by atoms with E-state index >= 15 is 0 Å². The minimum Gasteiger partial charge on any atom is -0.386 e. The molecule has 2 aromatic rings. The third-order valence-electron chi connectivity index (χ3n) is 4.79. The highest BCUT2D eigenvalue weighted by Gasteiger charge is 2.20. The molecule has 3 rings (SSSR count). The largest absolute Gasteiger partial charge is 0.386 e. The van der Waals surface area contributed by atoms with Crippen LogP contribution in [0, 0.1) is 0 Å². The third kappa shape index (κ3) is 7.11. The van der Waals surface area contributed by atoms with Crippen molar-refractivity contribution in [2.45, 2.75) is 39.0 Å². The SMILES string of the molecule is CCNC(=NCc1ccccc1CN1CCCC1=O)NCC(O)c1ccc(Cl)s1.I. The molecule has 164 valence electrons. The number of guanidine groups is 1. The summed E-state index contributed by atoms with van der Waals surface area (Å²) in [4.78, 5) is 19.4. The topological polar surface area (TPSA) is 77.0 Å². The molecule has 0 saturated carbocycles. The predicted octanol–water partition coefficient (Wildman–Crippen LogP) is 3.93. The van der Waals surface area contributed by atoms with Gasteiger partial charge in [0.05, 0.1) is 10.9 Å². The number of hydrogen-bond acceptors (Lipinski definition) is 4. The Labute approximate surface area is 203 Å². The van der Waals surface area contributed by atoms with Crippen LogP contribution in [-0.4, -0.2) is 41.5 Å². The first-order chi connectivity index (χ1) is 14.1. The second kappa shape index (κ2) is 12.5. The molecule has 1 saturated heterocycles. The van der Waals surface area contributed by atoms with Crippen LogP contribution in [0.25, 0.3) is 0 Å². The summed E-state index contributed by atoms with van der Waals surface area (Å²) in [5, 5.41) is 16.7. The van der Waals surface area contributed by atoms with Gasteiger partial charge in [-0.25, -0.2) is 4.99 Å². The zero-order valence-electron chi connectivity index (χ0n) is 16.9. The van der Waals surface area contributed by atoms with Crippen LogP contribution >= 0.6 is 46.9 Å². The van der Waals surface area contributed by atoms with Gasteiger partial charge < -0.3 is 20.6 Å². The number of aliphatic imine (C=N–C) groups is 1. The monoisotopic (exact) mass is 562 g/mol. The smallest absolute Gasteiger partial charge is 0.222 e. The van der Waals surface area contributed by atoms with Crippen LogP contribution in [0.5, 0.6) is 0 Å². The van der Waals surface area contributed by atoms with Crippen LogP contribution in [0.15, 0.2) is 41.4 Å². The van der Waals surface area contributed by atoms with Gasteiger partial charge in [0.25, 0.3) is 0 Å². The standard InChI is InChI=1S/C21H27ClN4O2S.HI/c1-2-23-21(25-13-17(27)18-9-10-19(22)29-18)24-12-15-6-3-4-7-16(15)14-26-11-5-8-20(26)28;/h3-4,6-7,9-10,17,27H,2,5,8,11-14H2,1H3,(H2,23,24,25);1H. The van der Waals surface area contributed by atoms with Gasteiger partial charge in [-0.05, 0) is 36.6 Å². The van der Waals surface area contributed by atoms with E-state index in [1.807, 2.05) is 36.1 Å². The summed E-state index contributed by atoms with van der Waals surface area (Å²) in [5.41, 5.74) is 2.21. The van der Waals surface area contributed by atoms with Gasteiger partial charge >= 0.3 is 0 Å². The number of likely N-dealkylation sites (tertiary alicyclic amines) is 1. The Morgan fingerprint density at radius 3 is 2.67 bits per heavy atom. The molecule has 1 fully saturated rings. The fraction of sp³-hybridized carbons (Fsp3) is 0.429. The lowest BCUT2D eigenvalue weighted by atomic mass is 10.1. The van der Waals surface area contributed by atoms with E-state index in [0.717, 1.165) is 35.5 Å². The Hall–Kier alpha value is -1.36. The maximum Gasteiger partial charge on any atom is 0.222 e. The predicted molar refractivity (Wildman–Crippen MR) is 134 cm³/mol.